The maximum Gasteiger partial charge on any atom is 0.326 e. The molecule has 1 fully saturated rings. The Morgan fingerprint density at radius 2 is 2.24 bits per heavy atom. The number of benzene rings is 1. The number of esters is 1. The summed E-state index contributed by atoms with van der Waals surface area (Å²) in [5.74, 6) is 0.826. The maximum atomic E-state index is 12.1. The van der Waals surface area contributed by atoms with Gasteiger partial charge in [-0.1, -0.05) is 12.1 Å². The van der Waals surface area contributed by atoms with Crippen molar-refractivity contribution in [2.24, 2.45) is 0 Å². The number of hydrogen-bond acceptors (Lipinski definition) is 4. The number of aryl methyl sites for hydroxylation is 1. The van der Waals surface area contributed by atoms with Crippen LogP contribution in [-0.4, -0.2) is 35.2 Å². The first-order valence-corrected chi connectivity index (χ1v) is 7.32. The van der Waals surface area contributed by atoms with Crippen molar-refractivity contribution in [3.63, 3.8) is 0 Å². The second-order valence-corrected chi connectivity index (χ2v) is 5.74. The number of para-hydroxylation sites is 2. The summed E-state index contributed by atoms with van der Waals surface area (Å²) in [7, 11) is 3.28. The summed E-state index contributed by atoms with van der Waals surface area (Å²) in [6.45, 7) is 2.03. The third-order valence-corrected chi connectivity index (χ3v) is 4.68. The fourth-order valence-corrected chi connectivity index (χ4v) is 3.58. The summed E-state index contributed by atoms with van der Waals surface area (Å²) in [5, 5.41) is 3.18. The van der Waals surface area contributed by atoms with Crippen LogP contribution in [0.25, 0.3) is 11.0 Å². The van der Waals surface area contributed by atoms with Gasteiger partial charge in [0, 0.05) is 6.04 Å². The van der Waals surface area contributed by atoms with Gasteiger partial charge in [-0.15, -0.1) is 0 Å². The van der Waals surface area contributed by atoms with E-state index in [0.717, 1.165) is 36.1 Å². The SMILES string of the molecule is CNC1(C(=O)OC)CCC(n2c(C)nc3ccccc32)C1. The van der Waals surface area contributed by atoms with E-state index in [-0.39, 0.29) is 12.0 Å². The molecule has 0 amide bonds. The van der Waals surface area contributed by atoms with E-state index in [1.165, 1.54) is 7.11 Å². The Morgan fingerprint density at radius 3 is 2.95 bits per heavy atom. The Labute approximate surface area is 124 Å². The number of carbonyl (C=O) groups is 1. The molecule has 5 heteroatoms. The molecular formula is C16H21N3O2. The molecule has 1 aromatic carbocycles. The first kappa shape index (κ1) is 14.1. The van der Waals surface area contributed by atoms with E-state index in [4.69, 9.17) is 4.74 Å². The number of aromatic nitrogens is 2. The van der Waals surface area contributed by atoms with Gasteiger partial charge in [0.25, 0.3) is 0 Å². The topological polar surface area (TPSA) is 56.1 Å². The molecule has 0 radical (unpaired) electrons. The molecule has 2 atom stereocenters. The molecule has 1 saturated carbocycles. The number of ether oxygens (including phenoxy) is 1. The van der Waals surface area contributed by atoms with Crippen molar-refractivity contribution in [2.75, 3.05) is 14.2 Å². The highest BCUT2D eigenvalue weighted by Crippen LogP contribution is 2.40. The minimum absolute atomic E-state index is 0.172. The van der Waals surface area contributed by atoms with Crippen molar-refractivity contribution in [3.8, 4) is 0 Å². The predicted octanol–water partition coefficient (Wildman–Crippen LogP) is 2.20. The van der Waals surface area contributed by atoms with Gasteiger partial charge in [0.2, 0.25) is 0 Å². The van der Waals surface area contributed by atoms with Crippen LogP contribution in [0.4, 0.5) is 0 Å². The highest BCUT2D eigenvalue weighted by atomic mass is 16.5. The zero-order chi connectivity index (χ0) is 15.0. The molecule has 21 heavy (non-hydrogen) atoms. The number of likely N-dealkylation sites (N-methyl/N-ethyl adjacent to an activating group) is 1. The third-order valence-electron chi connectivity index (χ3n) is 4.68. The van der Waals surface area contributed by atoms with E-state index in [2.05, 4.69) is 20.9 Å². The standard InChI is InChI=1S/C16H21N3O2/c1-11-18-13-6-4-5-7-14(13)19(11)12-8-9-16(10-12,17-2)15(20)21-3/h4-7,12,17H,8-10H2,1-3H3. The van der Waals surface area contributed by atoms with E-state index >= 15 is 0 Å². The van der Waals surface area contributed by atoms with Gasteiger partial charge in [-0.25, -0.2) is 4.98 Å². The van der Waals surface area contributed by atoms with Crippen LogP contribution < -0.4 is 5.32 Å². The number of nitrogens with zero attached hydrogens (tertiary/aromatic N) is 2. The van der Waals surface area contributed by atoms with Crippen LogP contribution in [0.3, 0.4) is 0 Å². The molecule has 5 nitrogen and oxygen atoms in total. The molecular weight excluding hydrogens is 266 g/mol. The van der Waals surface area contributed by atoms with Crippen molar-refractivity contribution < 1.29 is 9.53 Å². The predicted molar refractivity (Wildman–Crippen MR) is 81.2 cm³/mol. The molecule has 0 saturated heterocycles. The average Bonchev–Trinajstić information content (AvgIpc) is 3.07. The molecule has 3 rings (SSSR count). The molecule has 2 aromatic rings. The van der Waals surface area contributed by atoms with Gasteiger partial charge >= 0.3 is 5.97 Å². The largest absolute Gasteiger partial charge is 0.468 e. The van der Waals surface area contributed by atoms with Crippen LogP contribution in [-0.2, 0) is 9.53 Å². The molecule has 1 aliphatic carbocycles. The molecule has 2 unspecified atom stereocenters. The first-order chi connectivity index (χ1) is 10.1. The lowest BCUT2D eigenvalue weighted by Crippen LogP contribution is -2.49. The zero-order valence-corrected chi connectivity index (χ0v) is 12.7. The lowest BCUT2D eigenvalue weighted by Gasteiger charge is -2.26. The highest BCUT2D eigenvalue weighted by Gasteiger charge is 2.46. The van der Waals surface area contributed by atoms with Gasteiger partial charge in [0.05, 0.1) is 18.1 Å². The van der Waals surface area contributed by atoms with Gasteiger partial charge < -0.3 is 14.6 Å². The summed E-state index contributed by atoms with van der Waals surface area (Å²) in [4.78, 5) is 16.7. The molecule has 0 spiro atoms. The minimum Gasteiger partial charge on any atom is -0.468 e. The van der Waals surface area contributed by atoms with Crippen molar-refractivity contribution in [2.45, 2.75) is 37.8 Å². The lowest BCUT2D eigenvalue weighted by atomic mass is 9.98. The second-order valence-electron chi connectivity index (χ2n) is 5.74. The Morgan fingerprint density at radius 1 is 1.48 bits per heavy atom. The van der Waals surface area contributed by atoms with Crippen molar-refractivity contribution in [3.05, 3.63) is 30.1 Å². The molecule has 1 N–H and O–H groups in total. The maximum absolute atomic E-state index is 12.1. The molecule has 1 aliphatic rings. The summed E-state index contributed by atoms with van der Waals surface area (Å²) in [6, 6.07) is 8.41. The molecule has 0 aliphatic heterocycles. The smallest absolute Gasteiger partial charge is 0.326 e. The van der Waals surface area contributed by atoms with Crippen molar-refractivity contribution >= 4 is 17.0 Å². The van der Waals surface area contributed by atoms with Gasteiger partial charge in [-0.3, -0.25) is 4.79 Å². The normalized spacial score (nSPS) is 25.4. The van der Waals surface area contributed by atoms with Crippen LogP contribution in [0.5, 0.6) is 0 Å². The molecule has 1 heterocycles. The second kappa shape index (κ2) is 5.15. The number of nitrogens with one attached hydrogen (secondary N) is 1. The summed E-state index contributed by atoms with van der Waals surface area (Å²) < 4.78 is 7.25. The van der Waals surface area contributed by atoms with E-state index in [0.29, 0.717) is 0 Å². The van der Waals surface area contributed by atoms with E-state index < -0.39 is 5.54 Å². The van der Waals surface area contributed by atoms with E-state index in [1.54, 1.807) is 0 Å². The monoisotopic (exact) mass is 287 g/mol. The van der Waals surface area contributed by atoms with Crippen molar-refractivity contribution in [1.82, 2.24) is 14.9 Å². The Kier molecular flexibility index (Phi) is 3.45. The fraction of sp³-hybridized carbons (Fsp3) is 0.500. The number of fused-ring (bicyclic) bond motifs is 1. The van der Waals surface area contributed by atoms with Crippen LogP contribution in [0, 0.1) is 6.92 Å². The fourth-order valence-electron chi connectivity index (χ4n) is 3.58. The number of imidazole rings is 1. The molecule has 0 bridgehead atoms. The van der Waals surface area contributed by atoms with E-state index in [9.17, 15) is 4.79 Å². The van der Waals surface area contributed by atoms with Crippen molar-refractivity contribution in [1.29, 1.82) is 0 Å². The third kappa shape index (κ3) is 2.12. The molecule has 1 aromatic heterocycles. The lowest BCUT2D eigenvalue weighted by molar-refractivity contribution is -0.148. The van der Waals surface area contributed by atoms with Gasteiger partial charge in [0.1, 0.15) is 11.4 Å². The van der Waals surface area contributed by atoms with Crippen LogP contribution in [0.2, 0.25) is 0 Å². The number of carbonyl (C=O) groups excluding carboxylic acids is 1. The number of hydrogen-bond donors (Lipinski definition) is 1. The number of methoxy groups -OCH3 is 1. The van der Waals surface area contributed by atoms with Crippen LogP contribution in [0.15, 0.2) is 24.3 Å². The Balaban J connectivity index is 1.98. The van der Waals surface area contributed by atoms with E-state index in [1.807, 2.05) is 32.2 Å². The number of rotatable bonds is 3. The molecule has 112 valence electrons. The van der Waals surface area contributed by atoms with Gasteiger partial charge in [-0.2, -0.15) is 0 Å². The van der Waals surface area contributed by atoms with Crippen LogP contribution in [0.1, 0.15) is 31.1 Å². The van der Waals surface area contributed by atoms with Gasteiger partial charge in [0.15, 0.2) is 0 Å². The quantitative estimate of drug-likeness (QED) is 0.879. The zero-order valence-electron chi connectivity index (χ0n) is 12.7. The Bertz CT molecular complexity index is 679. The summed E-state index contributed by atoms with van der Waals surface area (Å²) >= 11 is 0. The first-order valence-electron chi connectivity index (χ1n) is 7.32. The average molecular weight is 287 g/mol. The highest BCUT2D eigenvalue weighted by molar-refractivity contribution is 5.81. The van der Waals surface area contributed by atoms with Gasteiger partial charge in [-0.05, 0) is 45.4 Å². The summed E-state index contributed by atoms with van der Waals surface area (Å²) in [6.07, 6.45) is 2.46. The minimum atomic E-state index is -0.572. The Hall–Kier alpha value is -1.88. The summed E-state index contributed by atoms with van der Waals surface area (Å²) in [5.41, 5.74) is 1.57. The van der Waals surface area contributed by atoms with Crippen LogP contribution >= 0.6 is 0 Å².